The first-order chi connectivity index (χ1) is 19.3. The number of carbonyl (C=O) groups excluding carboxylic acids is 2. The Kier molecular flexibility index (Phi) is 7.98. The topological polar surface area (TPSA) is 58.6 Å². The van der Waals surface area contributed by atoms with Crippen LogP contribution in [0.2, 0.25) is 0 Å². The van der Waals surface area contributed by atoms with Gasteiger partial charge < -0.3 is 10.1 Å². The van der Waals surface area contributed by atoms with Crippen LogP contribution < -0.4 is 5.32 Å². The zero-order chi connectivity index (χ0) is 28.1. The van der Waals surface area contributed by atoms with Crippen molar-refractivity contribution in [1.82, 2.24) is 4.90 Å². The molecule has 0 fully saturated rings. The van der Waals surface area contributed by atoms with E-state index in [1.54, 1.807) is 48.5 Å². The standard InChI is InChI=1S/C32H27F3N2O3/c33-32(34,35)26-13-10-22(11-14-26)28-8-4-5-9-29(28)30(38)36-27-15-12-25-21-37(17-16-24(25)20-27)18-19-40-31(39)23-6-2-1-3-7-23/h1-15,20H,16-19,21H2,(H,36,38). The summed E-state index contributed by atoms with van der Waals surface area (Å²) in [5.74, 6) is -0.675. The first kappa shape index (κ1) is 27.1. The van der Waals surface area contributed by atoms with Crippen LogP contribution in [0.15, 0.2) is 97.1 Å². The Balaban J connectivity index is 1.20. The van der Waals surface area contributed by atoms with Crippen LogP contribution in [0.25, 0.3) is 11.1 Å². The molecule has 1 N–H and O–H groups in total. The van der Waals surface area contributed by atoms with Crippen molar-refractivity contribution in [3.8, 4) is 11.1 Å². The van der Waals surface area contributed by atoms with E-state index in [1.165, 1.54) is 12.1 Å². The van der Waals surface area contributed by atoms with Crippen LogP contribution in [0.1, 0.15) is 37.4 Å². The molecule has 1 aliphatic rings. The third kappa shape index (κ3) is 6.40. The van der Waals surface area contributed by atoms with Gasteiger partial charge in [-0.1, -0.05) is 54.6 Å². The van der Waals surface area contributed by atoms with E-state index in [-0.39, 0.29) is 11.9 Å². The van der Waals surface area contributed by atoms with E-state index in [1.807, 2.05) is 24.3 Å². The highest BCUT2D eigenvalue weighted by molar-refractivity contribution is 6.08. The minimum absolute atomic E-state index is 0.301. The van der Waals surface area contributed by atoms with Crippen LogP contribution >= 0.6 is 0 Å². The lowest BCUT2D eigenvalue weighted by Crippen LogP contribution is -2.33. The van der Waals surface area contributed by atoms with Crippen molar-refractivity contribution in [3.05, 3.63) is 125 Å². The van der Waals surface area contributed by atoms with E-state index in [0.717, 1.165) is 36.2 Å². The number of fused-ring (bicyclic) bond motifs is 1. The highest BCUT2D eigenvalue weighted by Crippen LogP contribution is 2.32. The van der Waals surface area contributed by atoms with Gasteiger partial charge in [0.05, 0.1) is 11.1 Å². The summed E-state index contributed by atoms with van der Waals surface area (Å²) in [4.78, 5) is 27.6. The molecule has 0 bridgehead atoms. The lowest BCUT2D eigenvalue weighted by molar-refractivity contribution is -0.137. The molecule has 4 aromatic carbocycles. The number of amides is 1. The lowest BCUT2D eigenvalue weighted by atomic mass is 9.97. The number of halogens is 3. The second kappa shape index (κ2) is 11.8. The minimum Gasteiger partial charge on any atom is -0.461 e. The molecule has 1 heterocycles. The van der Waals surface area contributed by atoms with Gasteiger partial charge >= 0.3 is 12.1 Å². The molecule has 4 aromatic rings. The SMILES string of the molecule is O=C(OCCN1CCc2cc(NC(=O)c3ccccc3-c3ccc(C(F)(F)F)cc3)ccc2C1)c1ccccc1. The maximum atomic E-state index is 13.2. The van der Waals surface area contributed by atoms with Crippen LogP contribution in [0.5, 0.6) is 0 Å². The van der Waals surface area contributed by atoms with Gasteiger partial charge in [-0.3, -0.25) is 9.69 Å². The predicted octanol–water partition coefficient (Wildman–Crippen LogP) is 6.84. The van der Waals surface area contributed by atoms with Gasteiger partial charge in [-0.2, -0.15) is 13.2 Å². The number of anilines is 1. The average Bonchev–Trinajstić information content (AvgIpc) is 2.97. The number of hydrogen-bond acceptors (Lipinski definition) is 4. The number of rotatable bonds is 7. The molecule has 204 valence electrons. The maximum absolute atomic E-state index is 13.2. The summed E-state index contributed by atoms with van der Waals surface area (Å²) in [5.41, 5.74) is 4.17. The molecule has 5 rings (SSSR count). The number of carbonyl (C=O) groups is 2. The first-order valence-electron chi connectivity index (χ1n) is 12.9. The van der Waals surface area contributed by atoms with E-state index in [2.05, 4.69) is 10.2 Å². The van der Waals surface area contributed by atoms with E-state index >= 15 is 0 Å². The largest absolute Gasteiger partial charge is 0.461 e. The quantitative estimate of drug-likeness (QED) is 0.259. The molecule has 1 amide bonds. The second-order valence-corrected chi connectivity index (χ2v) is 9.59. The van der Waals surface area contributed by atoms with Crippen molar-refractivity contribution in [1.29, 1.82) is 0 Å². The molecule has 40 heavy (non-hydrogen) atoms. The van der Waals surface area contributed by atoms with Gasteiger partial charge in [-0.05, 0) is 71.1 Å². The summed E-state index contributed by atoms with van der Waals surface area (Å²) >= 11 is 0. The smallest absolute Gasteiger partial charge is 0.416 e. The summed E-state index contributed by atoms with van der Waals surface area (Å²) in [6.07, 6.45) is -3.64. The zero-order valence-corrected chi connectivity index (χ0v) is 21.6. The Bertz CT molecular complexity index is 1500. The van der Waals surface area contributed by atoms with Gasteiger partial charge in [-0.25, -0.2) is 4.79 Å². The van der Waals surface area contributed by atoms with E-state index in [0.29, 0.717) is 47.6 Å². The number of nitrogens with one attached hydrogen (secondary N) is 1. The van der Waals surface area contributed by atoms with Crippen LogP contribution in [0, 0.1) is 0 Å². The van der Waals surface area contributed by atoms with Crippen molar-refractivity contribution in [2.24, 2.45) is 0 Å². The molecule has 0 spiro atoms. The summed E-state index contributed by atoms with van der Waals surface area (Å²) in [6, 6.07) is 26.3. The number of esters is 1. The molecule has 0 aromatic heterocycles. The summed E-state index contributed by atoms with van der Waals surface area (Å²) in [7, 11) is 0. The normalized spacial score (nSPS) is 13.4. The van der Waals surface area contributed by atoms with Crippen molar-refractivity contribution in [2.75, 3.05) is 25.0 Å². The van der Waals surface area contributed by atoms with Crippen LogP contribution in [0.3, 0.4) is 0 Å². The highest BCUT2D eigenvalue weighted by Gasteiger charge is 2.30. The van der Waals surface area contributed by atoms with Crippen molar-refractivity contribution < 1.29 is 27.5 Å². The molecule has 1 aliphatic heterocycles. The molecule has 0 saturated heterocycles. The van der Waals surface area contributed by atoms with Crippen LogP contribution in [0.4, 0.5) is 18.9 Å². The number of benzene rings is 4. The van der Waals surface area contributed by atoms with Gasteiger partial charge in [0, 0.05) is 30.9 Å². The van der Waals surface area contributed by atoms with Crippen molar-refractivity contribution >= 4 is 17.6 Å². The predicted molar refractivity (Wildman–Crippen MR) is 147 cm³/mol. The van der Waals surface area contributed by atoms with Gasteiger partial charge in [0.15, 0.2) is 0 Å². The molecule has 0 atom stereocenters. The lowest BCUT2D eigenvalue weighted by Gasteiger charge is -2.29. The minimum atomic E-state index is -4.42. The third-order valence-corrected chi connectivity index (χ3v) is 6.90. The van der Waals surface area contributed by atoms with E-state index in [4.69, 9.17) is 4.74 Å². The fraction of sp³-hybridized carbons (Fsp3) is 0.188. The Hall–Kier alpha value is -4.43. The van der Waals surface area contributed by atoms with Gasteiger partial charge in [0.1, 0.15) is 6.61 Å². The van der Waals surface area contributed by atoms with Gasteiger partial charge in [0.25, 0.3) is 5.91 Å². The first-order valence-corrected chi connectivity index (χ1v) is 12.9. The van der Waals surface area contributed by atoms with Crippen molar-refractivity contribution in [2.45, 2.75) is 19.1 Å². The molecular formula is C32H27F3N2O3. The monoisotopic (exact) mass is 544 g/mol. The van der Waals surface area contributed by atoms with E-state index in [9.17, 15) is 22.8 Å². The zero-order valence-electron chi connectivity index (χ0n) is 21.6. The molecule has 0 saturated carbocycles. The van der Waals surface area contributed by atoms with Gasteiger partial charge in [0.2, 0.25) is 0 Å². The Morgan fingerprint density at radius 2 is 1.57 bits per heavy atom. The van der Waals surface area contributed by atoms with Crippen LogP contribution in [-0.2, 0) is 23.9 Å². The third-order valence-electron chi connectivity index (χ3n) is 6.90. The molecule has 0 aliphatic carbocycles. The summed E-state index contributed by atoms with van der Waals surface area (Å²) in [6.45, 7) is 2.43. The fourth-order valence-corrected chi connectivity index (χ4v) is 4.78. The molecule has 8 heteroatoms. The molecule has 0 radical (unpaired) electrons. The number of ether oxygens (including phenoxy) is 1. The number of alkyl halides is 3. The molecular weight excluding hydrogens is 517 g/mol. The Morgan fingerprint density at radius 3 is 2.33 bits per heavy atom. The average molecular weight is 545 g/mol. The summed E-state index contributed by atoms with van der Waals surface area (Å²) in [5, 5.41) is 2.94. The maximum Gasteiger partial charge on any atom is 0.416 e. The van der Waals surface area contributed by atoms with Crippen molar-refractivity contribution in [3.63, 3.8) is 0 Å². The highest BCUT2D eigenvalue weighted by atomic mass is 19.4. The fourth-order valence-electron chi connectivity index (χ4n) is 4.78. The Morgan fingerprint density at radius 1 is 0.850 bits per heavy atom. The van der Waals surface area contributed by atoms with Crippen LogP contribution in [-0.4, -0.2) is 36.5 Å². The van der Waals surface area contributed by atoms with Gasteiger partial charge in [-0.15, -0.1) is 0 Å². The second-order valence-electron chi connectivity index (χ2n) is 9.59. The molecule has 5 nitrogen and oxygen atoms in total. The number of nitrogens with zero attached hydrogens (tertiary/aromatic N) is 1. The molecule has 0 unspecified atom stereocenters. The Labute approximate surface area is 230 Å². The summed E-state index contributed by atoms with van der Waals surface area (Å²) < 4.78 is 44.3. The van der Waals surface area contributed by atoms with E-state index < -0.39 is 11.7 Å². The number of hydrogen-bond donors (Lipinski definition) is 1.